The lowest BCUT2D eigenvalue weighted by atomic mass is 9.97. The number of anilines is 1. The standard InChI is InChI=1S/C13H14ClF3N2O3/c14-10-6-11(18-3-1-8(7-20)2-4-18)12(19(21)22)5-9(10)13(15,16)17/h5-6,8,20H,1-4,7H2. The number of rotatable bonds is 3. The van der Waals surface area contributed by atoms with Crippen LogP contribution in [0.1, 0.15) is 18.4 Å². The summed E-state index contributed by atoms with van der Waals surface area (Å²) in [5, 5.41) is 19.6. The maximum absolute atomic E-state index is 12.8. The minimum Gasteiger partial charge on any atom is -0.396 e. The van der Waals surface area contributed by atoms with E-state index in [1.54, 1.807) is 4.90 Å². The molecule has 0 bridgehead atoms. The molecule has 1 aliphatic heterocycles. The number of piperidine rings is 1. The third kappa shape index (κ3) is 3.44. The normalized spacial score (nSPS) is 16.9. The van der Waals surface area contributed by atoms with Crippen LogP contribution >= 0.6 is 11.6 Å². The van der Waals surface area contributed by atoms with E-state index in [2.05, 4.69) is 0 Å². The Hall–Kier alpha value is -1.54. The number of alkyl halides is 3. The first-order valence-electron chi connectivity index (χ1n) is 6.65. The summed E-state index contributed by atoms with van der Waals surface area (Å²) in [6.45, 7) is 0.880. The van der Waals surface area contributed by atoms with E-state index in [0.29, 0.717) is 32.0 Å². The topological polar surface area (TPSA) is 66.6 Å². The molecule has 0 unspecified atom stereocenters. The average molecular weight is 339 g/mol. The van der Waals surface area contributed by atoms with Crippen LogP contribution < -0.4 is 4.90 Å². The molecule has 5 nitrogen and oxygen atoms in total. The van der Waals surface area contributed by atoms with Gasteiger partial charge in [-0.15, -0.1) is 0 Å². The van der Waals surface area contributed by atoms with Crippen LogP contribution in [-0.2, 0) is 6.18 Å². The zero-order valence-corrected chi connectivity index (χ0v) is 12.2. The fourth-order valence-corrected chi connectivity index (χ4v) is 2.79. The van der Waals surface area contributed by atoms with Gasteiger partial charge in [0, 0.05) is 25.8 Å². The number of aliphatic hydroxyl groups is 1. The molecule has 0 radical (unpaired) electrons. The molecule has 0 aliphatic carbocycles. The van der Waals surface area contributed by atoms with E-state index >= 15 is 0 Å². The lowest BCUT2D eigenvalue weighted by Crippen LogP contribution is -2.35. The molecule has 1 aromatic rings. The van der Waals surface area contributed by atoms with Gasteiger partial charge in [0.1, 0.15) is 5.69 Å². The molecule has 0 aromatic heterocycles. The molecule has 122 valence electrons. The second-order valence-corrected chi connectivity index (χ2v) is 5.60. The van der Waals surface area contributed by atoms with Crippen LogP contribution in [0.3, 0.4) is 0 Å². The van der Waals surface area contributed by atoms with Crippen LogP contribution in [0.15, 0.2) is 12.1 Å². The quantitative estimate of drug-likeness (QED) is 0.677. The van der Waals surface area contributed by atoms with Gasteiger partial charge in [-0.1, -0.05) is 11.6 Å². The van der Waals surface area contributed by atoms with Gasteiger partial charge in [0.05, 0.1) is 15.5 Å². The Morgan fingerprint density at radius 2 is 1.95 bits per heavy atom. The van der Waals surface area contributed by atoms with Crippen LogP contribution in [0, 0.1) is 16.0 Å². The molecule has 1 N–H and O–H groups in total. The molecular weight excluding hydrogens is 325 g/mol. The monoisotopic (exact) mass is 338 g/mol. The Morgan fingerprint density at radius 1 is 1.36 bits per heavy atom. The predicted octanol–water partition coefficient (Wildman–Crippen LogP) is 3.48. The SMILES string of the molecule is O=[N+]([O-])c1cc(C(F)(F)F)c(Cl)cc1N1CCC(CO)CC1. The van der Waals surface area contributed by atoms with Gasteiger partial charge in [-0.3, -0.25) is 10.1 Å². The molecule has 1 heterocycles. The number of nitro benzene ring substituents is 1. The summed E-state index contributed by atoms with van der Waals surface area (Å²) < 4.78 is 38.4. The van der Waals surface area contributed by atoms with E-state index in [0.717, 1.165) is 6.07 Å². The van der Waals surface area contributed by atoms with Gasteiger partial charge in [0.2, 0.25) is 0 Å². The number of nitro groups is 1. The first kappa shape index (κ1) is 16.8. The molecule has 0 amide bonds. The van der Waals surface area contributed by atoms with Crippen molar-refractivity contribution in [2.45, 2.75) is 19.0 Å². The molecule has 0 saturated carbocycles. The summed E-state index contributed by atoms with van der Waals surface area (Å²) in [6.07, 6.45) is -3.51. The van der Waals surface area contributed by atoms with Gasteiger partial charge >= 0.3 is 6.18 Å². The molecule has 0 atom stereocenters. The number of benzene rings is 1. The molecule has 1 aliphatic rings. The Bertz CT molecular complexity index is 572. The number of aliphatic hydroxyl groups excluding tert-OH is 1. The summed E-state index contributed by atoms with van der Waals surface area (Å²) in [4.78, 5) is 11.9. The maximum Gasteiger partial charge on any atom is 0.418 e. The zero-order valence-electron chi connectivity index (χ0n) is 11.4. The summed E-state index contributed by atoms with van der Waals surface area (Å²) in [5.41, 5.74) is -1.74. The van der Waals surface area contributed by atoms with Crippen LogP contribution in [0.25, 0.3) is 0 Å². The minimum atomic E-state index is -4.75. The van der Waals surface area contributed by atoms with Crippen molar-refractivity contribution in [3.05, 3.63) is 32.8 Å². The number of halogens is 4. The van der Waals surface area contributed by atoms with Crippen molar-refractivity contribution in [1.82, 2.24) is 0 Å². The fraction of sp³-hybridized carbons (Fsp3) is 0.538. The molecule has 2 rings (SSSR count). The molecule has 0 spiro atoms. The maximum atomic E-state index is 12.8. The lowest BCUT2D eigenvalue weighted by molar-refractivity contribution is -0.384. The van der Waals surface area contributed by atoms with Crippen LogP contribution in [0.5, 0.6) is 0 Å². The van der Waals surface area contributed by atoms with Crippen molar-refractivity contribution in [2.75, 3.05) is 24.6 Å². The Labute approximate surface area is 129 Å². The van der Waals surface area contributed by atoms with Gasteiger partial charge in [0.15, 0.2) is 0 Å². The minimum absolute atomic E-state index is 0.0314. The van der Waals surface area contributed by atoms with E-state index < -0.39 is 27.4 Å². The number of nitrogens with zero attached hydrogens (tertiary/aromatic N) is 2. The van der Waals surface area contributed by atoms with E-state index in [4.69, 9.17) is 16.7 Å². The van der Waals surface area contributed by atoms with Gasteiger partial charge in [0.25, 0.3) is 5.69 Å². The van der Waals surface area contributed by atoms with Gasteiger partial charge in [-0.25, -0.2) is 0 Å². The van der Waals surface area contributed by atoms with Crippen molar-refractivity contribution >= 4 is 23.0 Å². The highest BCUT2D eigenvalue weighted by molar-refractivity contribution is 6.31. The van der Waals surface area contributed by atoms with Crippen molar-refractivity contribution < 1.29 is 23.2 Å². The zero-order chi connectivity index (χ0) is 16.5. The van der Waals surface area contributed by atoms with Crippen molar-refractivity contribution in [3.8, 4) is 0 Å². The highest BCUT2D eigenvalue weighted by atomic mass is 35.5. The molecule has 9 heteroatoms. The van der Waals surface area contributed by atoms with E-state index in [9.17, 15) is 23.3 Å². The second kappa shape index (κ2) is 6.29. The van der Waals surface area contributed by atoms with E-state index in [-0.39, 0.29) is 18.2 Å². The van der Waals surface area contributed by atoms with Crippen molar-refractivity contribution in [2.24, 2.45) is 5.92 Å². The summed E-state index contributed by atoms with van der Waals surface area (Å²) in [6, 6.07) is 1.48. The van der Waals surface area contributed by atoms with Gasteiger partial charge in [-0.2, -0.15) is 13.2 Å². The predicted molar refractivity (Wildman–Crippen MR) is 75.1 cm³/mol. The molecule has 22 heavy (non-hydrogen) atoms. The smallest absolute Gasteiger partial charge is 0.396 e. The Balaban J connectivity index is 2.39. The number of hydrogen-bond donors (Lipinski definition) is 1. The summed E-state index contributed by atoms with van der Waals surface area (Å²) in [5.74, 6) is 0.111. The van der Waals surface area contributed by atoms with E-state index in [1.165, 1.54) is 0 Å². The summed E-state index contributed by atoms with van der Waals surface area (Å²) >= 11 is 5.66. The fourth-order valence-electron chi connectivity index (χ4n) is 2.52. The summed E-state index contributed by atoms with van der Waals surface area (Å²) in [7, 11) is 0. The third-order valence-electron chi connectivity index (χ3n) is 3.78. The lowest BCUT2D eigenvalue weighted by Gasteiger charge is -2.32. The van der Waals surface area contributed by atoms with Crippen LogP contribution in [0.4, 0.5) is 24.5 Å². The molecular formula is C13H14ClF3N2O3. The first-order chi connectivity index (χ1) is 10.2. The van der Waals surface area contributed by atoms with Gasteiger partial charge < -0.3 is 10.0 Å². The van der Waals surface area contributed by atoms with Crippen molar-refractivity contribution in [1.29, 1.82) is 0 Å². The van der Waals surface area contributed by atoms with Gasteiger partial charge in [-0.05, 0) is 24.8 Å². The second-order valence-electron chi connectivity index (χ2n) is 5.19. The number of hydrogen-bond acceptors (Lipinski definition) is 4. The molecule has 1 aromatic carbocycles. The average Bonchev–Trinajstić information content (AvgIpc) is 2.45. The molecule has 1 fully saturated rings. The van der Waals surface area contributed by atoms with Crippen molar-refractivity contribution in [3.63, 3.8) is 0 Å². The first-order valence-corrected chi connectivity index (χ1v) is 7.02. The van der Waals surface area contributed by atoms with Crippen LogP contribution in [-0.4, -0.2) is 29.7 Å². The van der Waals surface area contributed by atoms with E-state index in [1.807, 2.05) is 0 Å². The highest BCUT2D eigenvalue weighted by Gasteiger charge is 2.37. The van der Waals surface area contributed by atoms with Crippen LogP contribution in [0.2, 0.25) is 5.02 Å². The highest BCUT2D eigenvalue weighted by Crippen LogP contribution is 2.42. The largest absolute Gasteiger partial charge is 0.418 e. The third-order valence-corrected chi connectivity index (χ3v) is 4.09. The Kier molecular flexibility index (Phi) is 4.81. The molecule has 1 saturated heterocycles. The Morgan fingerprint density at radius 3 is 2.41 bits per heavy atom.